The van der Waals surface area contributed by atoms with Crippen molar-refractivity contribution in [1.29, 1.82) is 0 Å². The van der Waals surface area contributed by atoms with Crippen LogP contribution < -0.4 is 9.47 Å². The van der Waals surface area contributed by atoms with E-state index in [1.165, 1.54) is 31.3 Å². The Morgan fingerprint density at radius 3 is 2.42 bits per heavy atom. The van der Waals surface area contributed by atoms with Gasteiger partial charge in [-0.15, -0.1) is 0 Å². The van der Waals surface area contributed by atoms with E-state index >= 15 is 0 Å². The molecule has 1 saturated heterocycles. The molecule has 2 heterocycles. The minimum absolute atomic E-state index is 0.0855. The molecule has 0 bridgehead atoms. The van der Waals surface area contributed by atoms with E-state index in [2.05, 4.69) is 0 Å². The molecule has 1 amide bonds. The molecule has 1 aromatic carbocycles. The van der Waals surface area contributed by atoms with Crippen molar-refractivity contribution >= 4 is 29.1 Å². The van der Waals surface area contributed by atoms with Crippen molar-refractivity contribution in [3.05, 3.63) is 51.9 Å². The zero-order valence-electron chi connectivity index (χ0n) is 18.1. The van der Waals surface area contributed by atoms with Crippen LogP contribution in [0, 0.1) is 6.92 Å². The van der Waals surface area contributed by atoms with Crippen LogP contribution in [0.2, 0.25) is 5.02 Å². The van der Waals surface area contributed by atoms with Crippen molar-refractivity contribution in [3.63, 3.8) is 0 Å². The predicted molar refractivity (Wildman–Crippen MR) is 116 cm³/mol. The third kappa shape index (κ3) is 4.26. The molecule has 0 aliphatic carbocycles. The van der Waals surface area contributed by atoms with Crippen LogP contribution in [-0.2, 0) is 9.59 Å². The second kappa shape index (κ2) is 9.03. The fraction of sp³-hybridized carbons (Fsp3) is 0.364. The third-order valence-electron chi connectivity index (χ3n) is 5.09. The van der Waals surface area contributed by atoms with Crippen molar-refractivity contribution in [2.45, 2.75) is 13.0 Å². The van der Waals surface area contributed by atoms with E-state index in [4.69, 9.17) is 25.5 Å². The zero-order valence-corrected chi connectivity index (χ0v) is 18.8. The van der Waals surface area contributed by atoms with Crippen LogP contribution in [0.1, 0.15) is 23.1 Å². The number of ether oxygens (including phenoxy) is 2. The summed E-state index contributed by atoms with van der Waals surface area (Å²) in [6, 6.07) is 5.50. The molecule has 0 spiro atoms. The van der Waals surface area contributed by atoms with Gasteiger partial charge in [-0.25, -0.2) is 0 Å². The average molecular weight is 449 g/mol. The highest BCUT2D eigenvalue weighted by Crippen LogP contribution is 2.43. The predicted octanol–water partition coefficient (Wildman–Crippen LogP) is 3.24. The van der Waals surface area contributed by atoms with E-state index < -0.39 is 23.5 Å². The van der Waals surface area contributed by atoms with E-state index in [-0.39, 0.29) is 28.5 Å². The molecule has 166 valence electrons. The molecular weight excluding hydrogens is 424 g/mol. The van der Waals surface area contributed by atoms with E-state index in [1.807, 2.05) is 19.0 Å². The number of halogens is 1. The maximum Gasteiger partial charge on any atom is 0.295 e. The first kappa shape index (κ1) is 22.7. The Labute approximate surface area is 185 Å². The highest BCUT2D eigenvalue weighted by Gasteiger charge is 2.47. The quantitative estimate of drug-likeness (QED) is 0.395. The molecule has 1 N–H and O–H groups in total. The monoisotopic (exact) mass is 448 g/mol. The molecule has 1 atom stereocenters. The molecule has 1 aromatic heterocycles. The summed E-state index contributed by atoms with van der Waals surface area (Å²) in [6.07, 6.45) is 0. The summed E-state index contributed by atoms with van der Waals surface area (Å²) in [4.78, 5) is 29.2. The van der Waals surface area contributed by atoms with Gasteiger partial charge in [-0.05, 0) is 39.2 Å². The molecule has 0 saturated carbocycles. The van der Waals surface area contributed by atoms with Gasteiger partial charge in [0.05, 0.1) is 30.4 Å². The van der Waals surface area contributed by atoms with Crippen molar-refractivity contribution in [2.75, 3.05) is 41.4 Å². The summed E-state index contributed by atoms with van der Waals surface area (Å²) in [7, 11) is 6.61. The minimum Gasteiger partial charge on any atom is -0.507 e. The Morgan fingerprint density at radius 1 is 1.19 bits per heavy atom. The number of hydrogen-bond acceptors (Lipinski definition) is 7. The maximum atomic E-state index is 13.0. The van der Waals surface area contributed by atoms with Gasteiger partial charge in [0.1, 0.15) is 34.8 Å². The first-order valence-electron chi connectivity index (χ1n) is 9.61. The standard InChI is InChI=1S/C22H25ClN2O6/c1-12-6-7-15(31-12)19-18(21(27)22(28)25(19)9-8-24(2)3)20(26)13-10-14(23)17(30-5)11-16(13)29-4/h6-7,10-11,19,26H,8-9H2,1-5H3/b20-18+. The van der Waals surface area contributed by atoms with Crippen molar-refractivity contribution in [1.82, 2.24) is 9.80 Å². The fourth-order valence-electron chi connectivity index (χ4n) is 3.50. The van der Waals surface area contributed by atoms with E-state index in [1.54, 1.807) is 19.1 Å². The Bertz CT molecular complexity index is 1040. The number of rotatable bonds is 7. The number of likely N-dealkylation sites (tertiary alicyclic amines) is 1. The van der Waals surface area contributed by atoms with Gasteiger partial charge in [0, 0.05) is 19.2 Å². The number of methoxy groups -OCH3 is 2. The molecule has 1 fully saturated rings. The van der Waals surface area contributed by atoms with Gasteiger partial charge in [0.2, 0.25) is 0 Å². The Hall–Kier alpha value is -2.97. The molecule has 0 radical (unpaired) electrons. The van der Waals surface area contributed by atoms with Gasteiger partial charge in [-0.3, -0.25) is 9.59 Å². The van der Waals surface area contributed by atoms with Gasteiger partial charge in [0.25, 0.3) is 11.7 Å². The number of hydrogen-bond donors (Lipinski definition) is 1. The summed E-state index contributed by atoms with van der Waals surface area (Å²) >= 11 is 6.24. The van der Waals surface area contributed by atoms with E-state index in [0.717, 1.165) is 0 Å². The van der Waals surface area contributed by atoms with Gasteiger partial charge in [0.15, 0.2) is 0 Å². The first-order valence-corrected chi connectivity index (χ1v) is 9.98. The maximum absolute atomic E-state index is 13.0. The number of nitrogens with zero attached hydrogens (tertiary/aromatic N) is 2. The smallest absolute Gasteiger partial charge is 0.295 e. The topological polar surface area (TPSA) is 92.4 Å². The fourth-order valence-corrected chi connectivity index (χ4v) is 3.75. The number of aliphatic hydroxyl groups is 1. The Balaban J connectivity index is 2.20. The SMILES string of the molecule is COc1cc(OC)c(/C(O)=C2\C(=O)C(=O)N(CCN(C)C)C2c2ccc(C)o2)cc1Cl. The van der Waals surface area contributed by atoms with Crippen LogP contribution >= 0.6 is 11.6 Å². The van der Waals surface area contributed by atoms with Crippen molar-refractivity contribution < 1.29 is 28.6 Å². The molecule has 1 aliphatic rings. The Kier molecular flexibility index (Phi) is 6.62. The van der Waals surface area contributed by atoms with Crippen LogP contribution in [0.25, 0.3) is 5.76 Å². The second-order valence-corrected chi connectivity index (χ2v) is 7.84. The number of ketones is 1. The molecule has 31 heavy (non-hydrogen) atoms. The van der Waals surface area contributed by atoms with Crippen LogP contribution in [0.3, 0.4) is 0 Å². The number of amides is 1. The number of aliphatic hydroxyl groups excluding tert-OH is 1. The number of Topliss-reactive ketones (excluding diaryl/α,β-unsaturated/α-hetero) is 1. The molecule has 9 heteroatoms. The van der Waals surface area contributed by atoms with Gasteiger partial charge < -0.3 is 28.8 Å². The van der Waals surface area contributed by atoms with Crippen molar-refractivity contribution in [2.24, 2.45) is 0 Å². The number of furan rings is 1. The molecule has 8 nitrogen and oxygen atoms in total. The third-order valence-corrected chi connectivity index (χ3v) is 5.38. The second-order valence-electron chi connectivity index (χ2n) is 7.43. The van der Waals surface area contributed by atoms with Crippen LogP contribution in [-0.4, -0.2) is 68.0 Å². The molecule has 2 aromatic rings. The van der Waals surface area contributed by atoms with E-state index in [0.29, 0.717) is 23.8 Å². The summed E-state index contributed by atoms with van der Waals surface area (Å²) in [5.41, 5.74) is 0.0878. The molecular formula is C22H25ClN2O6. The van der Waals surface area contributed by atoms with Crippen LogP contribution in [0.15, 0.2) is 34.3 Å². The summed E-state index contributed by atoms with van der Waals surface area (Å²) in [5.74, 6) is -0.308. The number of aryl methyl sites for hydroxylation is 1. The van der Waals surface area contributed by atoms with Crippen LogP contribution in [0.5, 0.6) is 11.5 Å². The van der Waals surface area contributed by atoms with Crippen molar-refractivity contribution in [3.8, 4) is 11.5 Å². The zero-order chi connectivity index (χ0) is 22.9. The average Bonchev–Trinajstić information content (AvgIpc) is 3.27. The van der Waals surface area contributed by atoms with E-state index in [9.17, 15) is 14.7 Å². The lowest BCUT2D eigenvalue weighted by atomic mass is 9.98. The summed E-state index contributed by atoms with van der Waals surface area (Å²) in [6.45, 7) is 2.57. The number of carbonyl (C=O) groups excluding carboxylic acids is 2. The van der Waals surface area contributed by atoms with Gasteiger partial charge in [-0.1, -0.05) is 11.6 Å². The van der Waals surface area contributed by atoms with Crippen LogP contribution in [0.4, 0.5) is 0 Å². The molecule has 1 unspecified atom stereocenters. The Morgan fingerprint density at radius 2 is 1.87 bits per heavy atom. The highest BCUT2D eigenvalue weighted by atomic mass is 35.5. The number of benzene rings is 1. The number of likely N-dealkylation sites (N-methyl/N-ethyl adjacent to an activating group) is 1. The normalized spacial score (nSPS) is 18.2. The molecule has 3 rings (SSSR count). The van der Waals surface area contributed by atoms with Gasteiger partial charge >= 0.3 is 0 Å². The lowest BCUT2D eigenvalue weighted by molar-refractivity contribution is -0.140. The van der Waals surface area contributed by atoms with Gasteiger partial charge in [-0.2, -0.15) is 0 Å². The number of carbonyl (C=O) groups is 2. The first-order chi connectivity index (χ1) is 14.7. The minimum atomic E-state index is -0.876. The molecule has 1 aliphatic heterocycles. The largest absolute Gasteiger partial charge is 0.507 e. The lowest BCUT2D eigenvalue weighted by Crippen LogP contribution is -2.35. The summed E-state index contributed by atoms with van der Waals surface area (Å²) in [5, 5.41) is 11.4. The highest BCUT2D eigenvalue weighted by molar-refractivity contribution is 6.46. The lowest BCUT2D eigenvalue weighted by Gasteiger charge is -2.25. The summed E-state index contributed by atoms with van der Waals surface area (Å²) < 4.78 is 16.3.